The third-order valence-corrected chi connectivity index (χ3v) is 4.17. The molecule has 0 spiro atoms. The molecule has 1 N–H and O–H groups in total. The number of aromatic nitrogens is 2. The van der Waals surface area contributed by atoms with E-state index in [1.54, 1.807) is 12.1 Å². The Bertz CT molecular complexity index is 623. The molecule has 0 aliphatic carbocycles. The number of ketones is 1. The van der Waals surface area contributed by atoms with Gasteiger partial charge >= 0.3 is 0 Å². The third kappa shape index (κ3) is 4.14. The highest BCUT2D eigenvalue weighted by Gasteiger charge is 2.07. The van der Waals surface area contributed by atoms with Gasteiger partial charge in [-0.05, 0) is 26.0 Å². The molecule has 0 atom stereocenters. The van der Waals surface area contributed by atoms with Crippen LogP contribution in [0.3, 0.4) is 0 Å². The van der Waals surface area contributed by atoms with Crippen molar-refractivity contribution in [3.8, 4) is 0 Å². The first kappa shape index (κ1) is 14.7. The number of thioether (sulfide) groups is 1. The number of nitrogens with zero attached hydrogens (tertiary/aromatic N) is 2. The van der Waals surface area contributed by atoms with Crippen LogP contribution in [0.4, 0.5) is 5.13 Å². The maximum atomic E-state index is 11.7. The molecule has 1 heterocycles. The number of amides is 1. The molecule has 2 rings (SSSR count). The summed E-state index contributed by atoms with van der Waals surface area (Å²) in [5.74, 6) is 0.200. The Morgan fingerprint density at radius 3 is 2.50 bits per heavy atom. The lowest BCUT2D eigenvalue weighted by Crippen LogP contribution is -2.13. The number of aryl methyl sites for hydroxylation is 1. The maximum absolute atomic E-state index is 11.7. The van der Waals surface area contributed by atoms with Crippen molar-refractivity contribution in [2.24, 2.45) is 0 Å². The number of carbonyl (C=O) groups excluding carboxylic acids is 2. The zero-order valence-corrected chi connectivity index (χ0v) is 12.7. The van der Waals surface area contributed by atoms with Gasteiger partial charge in [-0.25, -0.2) is 0 Å². The molecular formula is C13H13N3O2S2. The molecule has 5 nitrogen and oxygen atoms in total. The van der Waals surface area contributed by atoms with Gasteiger partial charge < -0.3 is 0 Å². The van der Waals surface area contributed by atoms with Gasteiger partial charge in [0.25, 0.3) is 0 Å². The normalized spacial score (nSPS) is 10.3. The largest absolute Gasteiger partial charge is 0.300 e. The summed E-state index contributed by atoms with van der Waals surface area (Å²) in [6.45, 7) is 3.36. The van der Waals surface area contributed by atoms with E-state index in [0.717, 1.165) is 9.90 Å². The van der Waals surface area contributed by atoms with Crippen LogP contribution in [0.1, 0.15) is 22.3 Å². The topological polar surface area (TPSA) is 72.0 Å². The van der Waals surface area contributed by atoms with Gasteiger partial charge in [0.1, 0.15) is 5.01 Å². The van der Waals surface area contributed by atoms with Crippen LogP contribution in [0.2, 0.25) is 0 Å². The van der Waals surface area contributed by atoms with Crippen molar-refractivity contribution in [3.63, 3.8) is 0 Å². The Labute approximate surface area is 124 Å². The van der Waals surface area contributed by atoms with Crippen LogP contribution >= 0.6 is 23.1 Å². The number of benzene rings is 1. The van der Waals surface area contributed by atoms with Crippen LogP contribution in [0, 0.1) is 6.92 Å². The van der Waals surface area contributed by atoms with Crippen molar-refractivity contribution < 1.29 is 9.59 Å². The summed E-state index contributed by atoms with van der Waals surface area (Å²) in [5, 5.41) is 11.7. The third-order valence-electron chi connectivity index (χ3n) is 2.40. The molecule has 0 aliphatic heterocycles. The number of hydrogen-bond donors (Lipinski definition) is 1. The zero-order chi connectivity index (χ0) is 14.5. The van der Waals surface area contributed by atoms with Crippen LogP contribution in [0.15, 0.2) is 29.2 Å². The lowest BCUT2D eigenvalue weighted by atomic mass is 10.2. The summed E-state index contributed by atoms with van der Waals surface area (Å²) < 4.78 is 0. The highest BCUT2D eigenvalue weighted by atomic mass is 32.2. The number of anilines is 1. The summed E-state index contributed by atoms with van der Waals surface area (Å²) in [6, 6.07) is 7.20. The average Bonchev–Trinajstić information content (AvgIpc) is 2.82. The summed E-state index contributed by atoms with van der Waals surface area (Å²) in [6.07, 6.45) is 0. The number of nitrogens with one attached hydrogen (secondary N) is 1. The summed E-state index contributed by atoms with van der Waals surface area (Å²) in [5.41, 5.74) is 0.670. The van der Waals surface area contributed by atoms with Gasteiger partial charge in [-0.15, -0.1) is 22.0 Å². The molecule has 20 heavy (non-hydrogen) atoms. The van der Waals surface area contributed by atoms with Crippen LogP contribution in [0.25, 0.3) is 0 Å². The van der Waals surface area contributed by atoms with E-state index >= 15 is 0 Å². The fourth-order valence-corrected chi connectivity index (χ4v) is 2.74. The molecule has 0 saturated heterocycles. The van der Waals surface area contributed by atoms with Crippen LogP contribution in [0.5, 0.6) is 0 Å². The molecule has 1 aromatic carbocycles. The van der Waals surface area contributed by atoms with E-state index in [2.05, 4.69) is 15.5 Å². The van der Waals surface area contributed by atoms with Gasteiger partial charge in [-0.3, -0.25) is 14.9 Å². The van der Waals surface area contributed by atoms with Crippen LogP contribution in [-0.4, -0.2) is 27.6 Å². The minimum absolute atomic E-state index is 0.0333. The second-order valence-corrected chi connectivity index (χ2v) is 6.27. The van der Waals surface area contributed by atoms with E-state index in [0.29, 0.717) is 10.7 Å². The van der Waals surface area contributed by atoms with Crippen LogP contribution in [-0.2, 0) is 4.79 Å². The van der Waals surface area contributed by atoms with Crippen molar-refractivity contribution in [2.45, 2.75) is 18.7 Å². The zero-order valence-electron chi connectivity index (χ0n) is 11.0. The van der Waals surface area contributed by atoms with E-state index in [1.807, 2.05) is 19.1 Å². The number of rotatable bonds is 5. The molecule has 1 amide bonds. The monoisotopic (exact) mass is 307 g/mol. The molecule has 1 aromatic heterocycles. The van der Waals surface area contributed by atoms with E-state index < -0.39 is 0 Å². The van der Waals surface area contributed by atoms with Crippen LogP contribution < -0.4 is 5.32 Å². The first-order valence-electron chi connectivity index (χ1n) is 5.88. The Morgan fingerprint density at radius 2 is 1.95 bits per heavy atom. The number of Topliss-reactive ketones (excluding diaryl/α,β-unsaturated/α-hetero) is 1. The van der Waals surface area contributed by atoms with Gasteiger partial charge in [0.05, 0.1) is 5.75 Å². The van der Waals surface area contributed by atoms with Gasteiger partial charge in [0.15, 0.2) is 5.78 Å². The standard InChI is InChI=1S/C13H13N3O2S2/c1-8(17)10-3-5-11(6-4-10)19-7-12(18)14-13-16-15-9(2)20-13/h3-6H,7H2,1-2H3,(H,14,16,18). The second kappa shape index (κ2) is 6.62. The van der Waals surface area contributed by atoms with Gasteiger partial charge in [-0.2, -0.15) is 0 Å². The SMILES string of the molecule is CC(=O)c1ccc(SCC(=O)Nc2nnc(C)s2)cc1. The van der Waals surface area contributed by atoms with E-state index in [9.17, 15) is 9.59 Å². The smallest absolute Gasteiger partial charge is 0.236 e. The molecule has 7 heteroatoms. The van der Waals surface area contributed by atoms with Crippen molar-refractivity contribution in [1.82, 2.24) is 10.2 Å². The van der Waals surface area contributed by atoms with Gasteiger partial charge in [0, 0.05) is 10.5 Å². The lowest BCUT2D eigenvalue weighted by molar-refractivity contribution is -0.113. The molecule has 0 saturated carbocycles. The van der Waals surface area contributed by atoms with Crippen molar-refractivity contribution in [2.75, 3.05) is 11.1 Å². The maximum Gasteiger partial charge on any atom is 0.236 e. The molecule has 0 bridgehead atoms. The summed E-state index contributed by atoms with van der Waals surface area (Å²) >= 11 is 2.75. The van der Waals surface area contributed by atoms with Crippen molar-refractivity contribution in [3.05, 3.63) is 34.8 Å². The summed E-state index contributed by atoms with van der Waals surface area (Å²) in [4.78, 5) is 23.8. The van der Waals surface area contributed by atoms with Crippen molar-refractivity contribution in [1.29, 1.82) is 0 Å². The Kier molecular flexibility index (Phi) is 4.86. The molecule has 0 unspecified atom stereocenters. The molecule has 0 aliphatic rings. The Morgan fingerprint density at radius 1 is 1.25 bits per heavy atom. The fraction of sp³-hybridized carbons (Fsp3) is 0.231. The number of carbonyl (C=O) groups is 2. The Hall–Kier alpha value is -1.73. The minimum Gasteiger partial charge on any atom is -0.300 e. The average molecular weight is 307 g/mol. The first-order chi connectivity index (χ1) is 9.54. The van der Waals surface area contributed by atoms with Crippen molar-refractivity contribution >= 4 is 39.9 Å². The predicted octanol–water partition coefficient (Wildman–Crippen LogP) is 2.78. The first-order valence-corrected chi connectivity index (χ1v) is 7.68. The lowest BCUT2D eigenvalue weighted by Gasteiger charge is -2.02. The molecule has 0 fully saturated rings. The highest BCUT2D eigenvalue weighted by molar-refractivity contribution is 8.00. The molecule has 0 radical (unpaired) electrons. The molecule has 104 valence electrons. The van der Waals surface area contributed by atoms with E-state index in [1.165, 1.54) is 30.0 Å². The van der Waals surface area contributed by atoms with E-state index in [-0.39, 0.29) is 17.4 Å². The van der Waals surface area contributed by atoms with Gasteiger partial charge in [0.2, 0.25) is 11.0 Å². The fourth-order valence-electron chi connectivity index (χ4n) is 1.44. The van der Waals surface area contributed by atoms with Gasteiger partial charge in [-0.1, -0.05) is 23.5 Å². The Balaban J connectivity index is 1.85. The molecule has 2 aromatic rings. The minimum atomic E-state index is -0.123. The second-order valence-electron chi connectivity index (χ2n) is 4.04. The molecular weight excluding hydrogens is 294 g/mol. The highest BCUT2D eigenvalue weighted by Crippen LogP contribution is 2.20. The summed E-state index contributed by atoms with van der Waals surface area (Å²) in [7, 11) is 0. The predicted molar refractivity (Wildman–Crippen MR) is 80.4 cm³/mol. The quantitative estimate of drug-likeness (QED) is 0.679. The van der Waals surface area contributed by atoms with E-state index in [4.69, 9.17) is 0 Å². The number of hydrogen-bond acceptors (Lipinski definition) is 6.